The quantitative estimate of drug-likeness (QED) is 0.387. The largest absolute Gasteiger partial charge is 0.474 e. The lowest BCUT2D eigenvalue weighted by Crippen LogP contribution is -2.16. The Morgan fingerprint density at radius 3 is 2.71 bits per heavy atom. The fourth-order valence-corrected chi connectivity index (χ4v) is 4.77. The molecule has 0 saturated carbocycles. The molecule has 35 heavy (non-hydrogen) atoms. The second kappa shape index (κ2) is 8.55. The second-order valence-corrected chi connectivity index (χ2v) is 9.32. The first kappa shape index (κ1) is 22.6. The zero-order chi connectivity index (χ0) is 24.7. The Kier molecular flexibility index (Phi) is 5.52. The number of pyridine rings is 1. The number of carbonyl (C=O) groups is 1. The maximum absolute atomic E-state index is 15.3. The van der Waals surface area contributed by atoms with Crippen molar-refractivity contribution in [3.63, 3.8) is 0 Å². The monoisotopic (exact) mass is 500 g/mol. The minimum Gasteiger partial charge on any atom is -0.474 e. The molecule has 12 heteroatoms. The van der Waals surface area contributed by atoms with Gasteiger partial charge in [0.25, 0.3) is 10.0 Å². The summed E-state index contributed by atoms with van der Waals surface area (Å²) < 4.78 is 75.9. The van der Waals surface area contributed by atoms with Gasteiger partial charge in [-0.1, -0.05) is 6.07 Å². The standard InChI is InChI=1S/C23H15F3N4O4S/c24-13-2-1-3-14(7-13)35(32,33)30-18-5-4-17(25)20(21(18)26)22(31)16-9-29-23-15(16)6-12(8-28-23)19-10-27-11-34-19/h1-9,11,19,30H,10H2,(H,28,29). The number of anilines is 1. The Labute approximate surface area is 196 Å². The van der Waals surface area contributed by atoms with Gasteiger partial charge in [-0.3, -0.25) is 14.5 Å². The zero-order valence-electron chi connectivity index (χ0n) is 17.6. The number of rotatable bonds is 6. The Hall–Kier alpha value is -4.19. The molecular weight excluding hydrogens is 485 g/mol. The normalized spacial score (nSPS) is 15.3. The van der Waals surface area contributed by atoms with Crippen LogP contribution in [-0.4, -0.2) is 37.1 Å². The summed E-state index contributed by atoms with van der Waals surface area (Å²) in [5.74, 6) is -4.45. The van der Waals surface area contributed by atoms with E-state index in [4.69, 9.17) is 4.74 Å². The summed E-state index contributed by atoms with van der Waals surface area (Å²) >= 11 is 0. The lowest BCUT2D eigenvalue weighted by Gasteiger charge is -2.12. The van der Waals surface area contributed by atoms with Crippen LogP contribution < -0.4 is 4.72 Å². The number of ether oxygens (including phenoxy) is 1. The number of hydrogen-bond acceptors (Lipinski definition) is 6. The number of aromatic nitrogens is 2. The van der Waals surface area contributed by atoms with Crippen molar-refractivity contribution in [3.8, 4) is 0 Å². The number of aromatic amines is 1. The number of ketones is 1. The molecule has 0 saturated heterocycles. The summed E-state index contributed by atoms with van der Waals surface area (Å²) in [5, 5.41) is 0.299. The van der Waals surface area contributed by atoms with Crippen molar-refractivity contribution in [2.45, 2.75) is 11.0 Å². The first-order valence-electron chi connectivity index (χ1n) is 10.2. The molecule has 2 aromatic heterocycles. The minimum atomic E-state index is -4.42. The van der Waals surface area contributed by atoms with Crippen LogP contribution in [0.15, 0.2) is 64.7 Å². The van der Waals surface area contributed by atoms with Crippen molar-refractivity contribution in [2.75, 3.05) is 11.3 Å². The summed E-state index contributed by atoms with van der Waals surface area (Å²) in [4.78, 5) is 23.7. The third-order valence-electron chi connectivity index (χ3n) is 5.41. The van der Waals surface area contributed by atoms with Gasteiger partial charge in [0.2, 0.25) is 5.78 Å². The fraction of sp³-hybridized carbons (Fsp3) is 0.0870. The van der Waals surface area contributed by atoms with E-state index in [1.54, 1.807) is 6.07 Å². The van der Waals surface area contributed by atoms with Gasteiger partial charge in [0.1, 0.15) is 23.4 Å². The molecule has 1 unspecified atom stereocenters. The van der Waals surface area contributed by atoms with Gasteiger partial charge in [-0.05, 0) is 36.4 Å². The molecule has 0 radical (unpaired) electrons. The van der Waals surface area contributed by atoms with Crippen LogP contribution in [0.25, 0.3) is 11.0 Å². The molecule has 0 fully saturated rings. The minimum absolute atomic E-state index is 0.0730. The summed E-state index contributed by atoms with van der Waals surface area (Å²) in [6.07, 6.45) is 3.70. The van der Waals surface area contributed by atoms with Crippen molar-refractivity contribution < 1.29 is 31.1 Å². The van der Waals surface area contributed by atoms with Gasteiger partial charge in [-0.25, -0.2) is 26.6 Å². The smallest absolute Gasteiger partial charge is 0.262 e. The number of aliphatic imine (C=N–C) groups is 1. The number of sulfonamides is 1. The van der Waals surface area contributed by atoms with Crippen LogP contribution >= 0.6 is 0 Å². The molecule has 1 atom stereocenters. The topological polar surface area (TPSA) is 114 Å². The van der Waals surface area contributed by atoms with Gasteiger partial charge < -0.3 is 9.72 Å². The molecule has 1 aliphatic heterocycles. The molecule has 0 bridgehead atoms. The average Bonchev–Trinajstić information content (AvgIpc) is 3.51. The number of benzene rings is 2. The predicted octanol–water partition coefficient (Wildman–Crippen LogP) is 4.11. The highest BCUT2D eigenvalue weighted by molar-refractivity contribution is 7.92. The van der Waals surface area contributed by atoms with E-state index in [-0.39, 0.29) is 5.56 Å². The molecule has 5 rings (SSSR count). The lowest BCUT2D eigenvalue weighted by molar-refractivity contribution is 0.103. The van der Waals surface area contributed by atoms with E-state index in [2.05, 4.69) is 15.0 Å². The highest BCUT2D eigenvalue weighted by Crippen LogP contribution is 2.30. The van der Waals surface area contributed by atoms with Crippen LogP contribution in [-0.2, 0) is 14.8 Å². The molecular formula is C23H15F3N4O4S. The number of carbonyl (C=O) groups excluding carboxylic acids is 1. The molecule has 1 aliphatic rings. The fourth-order valence-electron chi connectivity index (χ4n) is 3.68. The van der Waals surface area contributed by atoms with Gasteiger partial charge in [-0.2, -0.15) is 0 Å². The van der Waals surface area contributed by atoms with E-state index in [0.29, 0.717) is 23.1 Å². The maximum atomic E-state index is 15.3. The Morgan fingerprint density at radius 2 is 1.97 bits per heavy atom. The maximum Gasteiger partial charge on any atom is 0.262 e. The number of halogens is 3. The highest BCUT2D eigenvalue weighted by atomic mass is 32.2. The number of hydrogen-bond donors (Lipinski definition) is 2. The van der Waals surface area contributed by atoms with E-state index < -0.39 is 55.5 Å². The van der Waals surface area contributed by atoms with E-state index in [1.807, 2.05) is 4.72 Å². The van der Waals surface area contributed by atoms with E-state index >= 15 is 4.39 Å². The van der Waals surface area contributed by atoms with E-state index in [9.17, 15) is 22.0 Å². The summed E-state index contributed by atoms with van der Waals surface area (Å²) in [5.41, 5.74) is -0.789. The summed E-state index contributed by atoms with van der Waals surface area (Å²) in [6, 6.07) is 7.27. The van der Waals surface area contributed by atoms with Gasteiger partial charge in [0.15, 0.2) is 12.2 Å². The van der Waals surface area contributed by atoms with Gasteiger partial charge >= 0.3 is 0 Å². The number of fused-ring (bicyclic) bond motifs is 1. The van der Waals surface area contributed by atoms with Crippen molar-refractivity contribution >= 4 is 38.9 Å². The van der Waals surface area contributed by atoms with Gasteiger partial charge in [0.05, 0.1) is 22.7 Å². The Morgan fingerprint density at radius 1 is 1.14 bits per heavy atom. The van der Waals surface area contributed by atoms with Crippen molar-refractivity contribution in [2.24, 2.45) is 4.99 Å². The van der Waals surface area contributed by atoms with Crippen LogP contribution in [0.1, 0.15) is 27.6 Å². The third kappa shape index (κ3) is 4.12. The number of nitrogens with one attached hydrogen (secondary N) is 2. The van der Waals surface area contributed by atoms with Gasteiger partial charge in [-0.15, -0.1) is 0 Å². The number of nitrogens with zero attached hydrogens (tertiary/aromatic N) is 2. The van der Waals surface area contributed by atoms with Crippen LogP contribution in [0.5, 0.6) is 0 Å². The van der Waals surface area contributed by atoms with Crippen LogP contribution in [0.2, 0.25) is 0 Å². The van der Waals surface area contributed by atoms with Crippen molar-refractivity contribution in [1.29, 1.82) is 0 Å². The van der Waals surface area contributed by atoms with E-state index in [0.717, 1.165) is 30.3 Å². The molecule has 8 nitrogen and oxygen atoms in total. The lowest BCUT2D eigenvalue weighted by atomic mass is 10.0. The van der Waals surface area contributed by atoms with Crippen LogP contribution in [0, 0.1) is 17.5 Å². The molecule has 0 spiro atoms. The van der Waals surface area contributed by atoms with Gasteiger partial charge in [0, 0.05) is 28.9 Å². The zero-order valence-corrected chi connectivity index (χ0v) is 18.4. The summed E-state index contributed by atoms with van der Waals surface area (Å²) in [7, 11) is -4.42. The average molecular weight is 500 g/mol. The molecule has 0 amide bonds. The van der Waals surface area contributed by atoms with E-state index in [1.165, 1.54) is 24.9 Å². The molecule has 3 heterocycles. The molecule has 0 aliphatic carbocycles. The first-order chi connectivity index (χ1) is 16.7. The predicted molar refractivity (Wildman–Crippen MR) is 120 cm³/mol. The summed E-state index contributed by atoms with van der Waals surface area (Å²) in [6.45, 7) is 0.359. The first-order valence-corrected chi connectivity index (χ1v) is 11.6. The molecule has 2 N–H and O–H groups in total. The molecule has 4 aromatic rings. The van der Waals surface area contributed by atoms with Crippen molar-refractivity contribution in [3.05, 3.63) is 89.0 Å². The van der Waals surface area contributed by atoms with Crippen LogP contribution in [0.4, 0.5) is 18.9 Å². The molecule has 2 aromatic carbocycles. The van der Waals surface area contributed by atoms with Crippen molar-refractivity contribution in [1.82, 2.24) is 9.97 Å². The Balaban J connectivity index is 1.53. The molecule has 178 valence electrons. The second-order valence-electron chi connectivity index (χ2n) is 7.64. The number of H-pyrrole nitrogens is 1. The SMILES string of the molecule is O=C(c1c(F)ccc(NS(=O)(=O)c2cccc(F)c2)c1F)c1c[nH]c2ncc(C3CN=CO3)cc12. The Bertz CT molecular complexity index is 1610. The highest BCUT2D eigenvalue weighted by Gasteiger charge is 2.27. The third-order valence-corrected chi connectivity index (χ3v) is 6.77. The van der Waals surface area contributed by atoms with Crippen LogP contribution in [0.3, 0.4) is 0 Å².